The predicted octanol–water partition coefficient (Wildman–Crippen LogP) is 2.17. The van der Waals surface area contributed by atoms with Gasteiger partial charge in [-0.2, -0.15) is 13.2 Å². The van der Waals surface area contributed by atoms with E-state index < -0.39 is 17.7 Å². The van der Waals surface area contributed by atoms with E-state index in [9.17, 15) is 18.0 Å². The van der Waals surface area contributed by atoms with Gasteiger partial charge in [-0.15, -0.1) is 0 Å². The van der Waals surface area contributed by atoms with E-state index in [4.69, 9.17) is 20.1 Å². The third-order valence-corrected chi connectivity index (χ3v) is 4.04. The van der Waals surface area contributed by atoms with Crippen LogP contribution < -0.4 is 21.4 Å². The molecular weight excluding hydrogens is 415 g/mol. The number of carbonyl (C=O) groups is 1. The third kappa shape index (κ3) is 5.04. The van der Waals surface area contributed by atoms with Crippen LogP contribution in [0.5, 0.6) is 0 Å². The first-order valence-corrected chi connectivity index (χ1v) is 8.72. The van der Waals surface area contributed by atoms with E-state index in [1.54, 1.807) is 0 Å². The van der Waals surface area contributed by atoms with E-state index in [1.165, 1.54) is 0 Å². The van der Waals surface area contributed by atoms with Gasteiger partial charge in [0.15, 0.2) is 0 Å². The number of hydrogen-bond donors (Lipinski definition) is 1. The van der Waals surface area contributed by atoms with Gasteiger partial charge in [-0.1, -0.05) is 60.7 Å². The van der Waals surface area contributed by atoms with Crippen LogP contribution in [0.3, 0.4) is 0 Å². The lowest BCUT2D eigenvalue weighted by Gasteiger charge is -2.11. The number of aromatic amines is 1. The third-order valence-electron chi connectivity index (χ3n) is 4.04. The number of alkyl halides is 3. The molecule has 31 heavy (non-hydrogen) atoms. The summed E-state index contributed by atoms with van der Waals surface area (Å²) in [5, 5.41) is 8.78. The molecular formula is C21H14F3N3O4. The molecule has 0 atom stereocenters. The quantitative estimate of drug-likeness (QED) is 0.521. The highest BCUT2D eigenvalue weighted by atomic mass is 19.4. The normalized spacial score (nSPS) is 10.9. The summed E-state index contributed by atoms with van der Waals surface area (Å²) in [7, 11) is 0. The van der Waals surface area contributed by atoms with Crippen molar-refractivity contribution in [2.24, 2.45) is 0 Å². The standard InChI is InChI=1S/C19H13N3O2.C2HF3O2/c20-19-21-17(23)16-14(12-7-3-1-4-8-12)11-15(24-18(16)22-19)13-9-5-2-6-10-13;3-2(4,5)1(6)7/h1-11H,(H2,20,21,23);(H,6,7). The van der Waals surface area contributed by atoms with E-state index >= 15 is 0 Å². The molecule has 4 rings (SSSR count). The first-order chi connectivity index (χ1) is 14.7. The van der Waals surface area contributed by atoms with Crippen LogP contribution in [0.1, 0.15) is 0 Å². The van der Waals surface area contributed by atoms with Crippen LogP contribution in [-0.2, 0) is 4.79 Å². The van der Waals surface area contributed by atoms with Crippen molar-refractivity contribution in [2.75, 3.05) is 5.73 Å². The van der Waals surface area contributed by atoms with Crippen LogP contribution >= 0.6 is 0 Å². The lowest BCUT2D eigenvalue weighted by molar-refractivity contribution is -0.366. The Hall–Kier alpha value is -4.21. The summed E-state index contributed by atoms with van der Waals surface area (Å²) >= 11 is 0. The minimum absolute atomic E-state index is 0.0282. The van der Waals surface area contributed by atoms with Gasteiger partial charge in [0.25, 0.3) is 5.89 Å². The van der Waals surface area contributed by atoms with Crippen LogP contribution in [0.2, 0.25) is 0 Å². The number of carbonyl (C=O) groups excluding carboxylic acids is 1. The highest BCUT2D eigenvalue weighted by Crippen LogP contribution is 2.34. The minimum atomic E-state index is -5.19. The van der Waals surface area contributed by atoms with E-state index in [0.717, 1.165) is 16.7 Å². The molecule has 2 aliphatic heterocycles. The van der Waals surface area contributed by atoms with Gasteiger partial charge in [0, 0.05) is 11.1 Å². The zero-order valence-electron chi connectivity index (χ0n) is 15.6. The molecule has 0 aliphatic carbocycles. The van der Waals surface area contributed by atoms with E-state index in [0.29, 0.717) is 17.2 Å². The molecule has 0 amide bonds. The molecule has 0 aromatic heterocycles. The molecule has 0 saturated heterocycles. The van der Waals surface area contributed by atoms with Gasteiger partial charge in [-0.05, 0) is 16.6 Å². The number of halogens is 3. The lowest BCUT2D eigenvalue weighted by atomic mass is 9.99. The molecule has 0 radical (unpaired) electrons. The van der Waals surface area contributed by atoms with Gasteiger partial charge in [0.1, 0.15) is 17.3 Å². The summed E-state index contributed by atoms with van der Waals surface area (Å²) in [5.74, 6) is -2.02. The van der Waals surface area contributed by atoms with Crippen molar-refractivity contribution in [3.05, 3.63) is 77.1 Å². The van der Waals surface area contributed by atoms with Crippen LogP contribution in [-0.4, -0.2) is 17.1 Å². The number of carboxylic acid groups (broad SMARTS) is 1. The maximum Gasteiger partial charge on any atom is 0.430 e. The van der Waals surface area contributed by atoms with Crippen molar-refractivity contribution in [1.82, 2.24) is 4.98 Å². The van der Waals surface area contributed by atoms with Crippen molar-refractivity contribution in [3.63, 3.8) is 0 Å². The predicted molar refractivity (Wildman–Crippen MR) is 102 cm³/mol. The monoisotopic (exact) mass is 429 g/mol. The fourth-order valence-corrected chi connectivity index (χ4v) is 2.72. The Bertz CT molecular complexity index is 1230. The van der Waals surface area contributed by atoms with E-state index in [-0.39, 0.29) is 5.95 Å². The fourth-order valence-electron chi connectivity index (χ4n) is 2.72. The maximum atomic E-state index is 12.4. The van der Waals surface area contributed by atoms with Gasteiger partial charge in [0.2, 0.25) is 0 Å². The van der Waals surface area contributed by atoms with Crippen LogP contribution in [0, 0.1) is 0 Å². The smallest absolute Gasteiger partial charge is 0.430 e. The van der Waals surface area contributed by atoms with Gasteiger partial charge >= 0.3 is 17.7 Å². The van der Waals surface area contributed by atoms with Crippen molar-refractivity contribution in [2.45, 2.75) is 6.18 Å². The van der Waals surface area contributed by atoms with Crippen LogP contribution in [0.25, 0.3) is 33.9 Å². The number of hydrogen-bond acceptors (Lipinski definition) is 6. The highest BCUT2D eigenvalue weighted by Gasteiger charge is 2.29. The number of anilines is 1. The Kier molecular flexibility index (Phi) is 6.00. The average molecular weight is 429 g/mol. The van der Waals surface area contributed by atoms with Crippen molar-refractivity contribution >= 4 is 11.9 Å². The van der Waals surface area contributed by atoms with Crippen molar-refractivity contribution in [1.29, 1.82) is 0 Å². The topological polar surface area (TPSA) is 123 Å². The number of nitrogens with one attached hydrogen (secondary N) is 1. The summed E-state index contributed by atoms with van der Waals surface area (Å²) in [6.45, 7) is 0. The molecule has 2 aliphatic rings. The summed E-state index contributed by atoms with van der Waals surface area (Å²) in [5.41, 5.74) is 8.22. The van der Waals surface area contributed by atoms with Crippen molar-refractivity contribution < 1.29 is 32.5 Å². The Balaban J connectivity index is 0.000000339. The Labute approximate surface area is 173 Å². The average Bonchev–Trinajstić information content (AvgIpc) is 2.73. The molecule has 2 heterocycles. The number of aromatic nitrogens is 2. The molecule has 0 unspecified atom stereocenters. The van der Waals surface area contributed by atoms with Crippen LogP contribution in [0.4, 0.5) is 19.1 Å². The van der Waals surface area contributed by atoms with Gasteiger partial charge < -0.3 is 14.3 Å². The molecule has 3 N–H and O–H groups in total. The molecule has 158 valence electrons. The highest BCUT2D eigenvalue weighted by molar-refractivity contribution is 5.82. The maximum absolute atomic E-state index is 12.4. The number of fused-ring (bicyclic) bond motifs is 1. The van der Waals surface area contributed by atoms with Crippen molar-refractivity contribution in [3.8, 4) is 33.9 Å². The second-order valence-corrected chi connectivity index (χ2v) is 6.17. The number of benzene rings is 2. The zero-order valence-corrected chi connectivity index (χ0v) is 15.6. The molecule has 2 aromatic rings. The zero-order chi connectivity index (χ0) is 22.6. The van der Waals surface area contributed by atoms with Gasteiger partial charge in [-0.25, -0.2) is 9.78 Å². The molecule has 0 fully saturated rings. The summed E-state index contributed by atoms with van der Waals surface area (Å²) in [6.07, 6.45) is -5.19. The summed E-state index contributed by atoms with van der Waals surface area (Å²) < 4.78 is 37.4. The van der Waals surface area contributed by atoms with Gasteiger partial charge in [0.05, 0.1) is 0 Å². The Morgan fingerprint density at radius 1 is 1.00 bits per heavy atom. The lowest BCUT2D eigenvalue weighted by Crippen LogP contribution is -2.37. The first kappa shape index (κ1) is 21.5. The molecule has 10 heteroatoms. The molecule has 7 nitrogen and oxygen atoms in total. The van der Waals surface area contributed by atoms with Gasteiger partial charge in [-0.3, -0.25) is 5.73 Å². The largest absolute Gasteiger partial charge is 0.542 e. The Morgan fingerprint density at radius 2 is 1.52 bits per heavy atom. The number of nitrogens with zero attached hydrogens (tertiary/aromatic N) is 1. The molecule has 0 saturated carbocycles. The number of rotatable bonds is 2. The SMILES string of the molecule is Nc1nc(=O)c2c(-c3ccccc3)cc(-c3ccccc3)oc-2[nH+]1.O=C([O-])C(F)(F)F. The van der Waals surface area contributed by atoms with E-state index in [1.807, 2.05) is 66.7 Å². The molecule has 2 aromatic carbocycles. The molecule has 0 bridgehead atoms. The molecule has 0 spiro atoms. The number of carboxylic acids is 1. The van der Waals surface area contributed by atoms with E-state index in [2.05, 4.69) is 9.97 Å². The second-order valence-electron chi connectivity index (χ2n) is 6.17. The number of H-pyrrole nitrogens is 1. The summed E-state index contributed by atoms with van der Waals surface area (Å²) in [6, 6.07) is 21.2. The summed E-state index contributed by atoms with van der Waals surface area (Å²) in [4.78, 5) is 27.8. The number of aliphatic carboxylic acids is 1. The number of nitrogen functional groups attached to an aromatic ring is 1. The number of nitrogens with two attached hydrogens (primary N) is 1. The Morgan fingerprint density at radius 3 is 2.03 bits per heavy atom. The first-order valence-electron chi connectivity index (χ1n) is 8.72. The minimum Gasteiger partial charge on any atom is -0.542 e. The second kappa shape index (κ2) is 8.66. The van der Waals surface area contributed by atoms with Crippen LogP contribution in [0.15, 0.2) is 75.9 Å². The fraction of sp³-hybridized carbons (Fsp3) is 0.0476.